The molecule has 6 heteroatoms. The van der Waals surface area contributed by atoms with Gasteiger partial charge in [0.25, 0.3) is 5.91 Å². The summed E-state index contributed by atoms with van der Waals surface area (Å²) >= 11 is 1.50. The second kappa shape index (κ2) is 9.65. The molecule has 2 aliphatic carbocycles. The monoisotopic (exact) mass is 451 g/mol. The summed E-state index contributed by atoms with van der Waals surface area (Å²) in [7, 11) is 0. The number of amides is 1. The molecule has 1 amide bonds. The molecule has 0 atom stereocenters. The third kappa shape index (κ3) is 4.42. The molecule has 0 bridgehead atoms. The molecule has 0 unspecified atom stereocenters. The zero-order chi connectivity index (χ0) is 21.9. The maximum Gasteiger partial charge on any atom is 0.267 e. The first-order valence-electron chi connectivity index (χ1n) is 11.9. The van der Waals surface area contributed by atoms with Crippen LogP contribution >= 0.6 is 11.8 Å². The maximum absolute atomic E-state index is 14.4. The minimum absolute atomic E-state index is 0.0535. The van der Waals surface area contributed by atoms with Gasteiger partial charge in [0.15, 0.2) is 5.17 Å². The number of carbonyl (C=O) groups is 1. The van der Waals surface area contributed by atoms with Crippen molar-refractivity contribution in [3.63, 3.8) is 0 Å². The molecule has 3 fully saturated rings. The zero-order valence-electron chi connectivity index (χ0n) is 18.4. The molecule has 3 aliphatic rings. The number of benzene rings is 1. The van der Waals surface area contributed by atoms with Gasteiger partial charge in [-0.05, 0) is 67.8 Å². The van der Waals surface area contributed by atoms with Gasteiger partial charge >= 0.3 is 0 Å². The normalized spacial score (nSPS) is 23.5. The molecule has 1 aromatic heterocycles. The summed E-state index contributed by atoms with van der Waals surface area (Å²) in [5.41, 5.74) is 1.29. The van der Waals surface area contributed by atoms with Crippen molar-refractivity contribution in [2.24, 2.45) is 4.99 Å². The van der Waals surface area contributed by atoms with Crippen LogP contribution in [0.5, 0.6) is 0 Å². The van der Waals surface area contributed by atoms with Crippen molar-refractivity contribution in [2.45, 2.75) is 76.3 Å². The van der Waals surface area contributed by atoms with Crippen molar-refractivity contribution in [3.8, 4) is 5.69 Å². The Kier molecular flexibility index (Phi) is 6.49. The van der Waals surface area contributed by atoms with E-state index in [1.807, 2.05) is 35.4 Å². The first-order chi connectivity index (χ1) is 15.7. The molecule has 0 N–H and O–H groups in total. The molecule has 5 rings (SSSR count). The number of aliphatic imine (C=N–C) groups is 1. The minimum Gasteiger partial charge on any atom is -0.314 e. The molecule has 4 nitrogen and oxygen atoms in total. The molecule has 1 aliphatic heterocycles. The van der Waals surface area contributed by atoms with E-state index < -0.39 is 0 Å². The van der Waals surface area contributed by atoms with Crippen LogP contribution in [0.15, 0.2) is 52.5 Å². The third-order valence-corrected chi connectivity index (χ3v) is 7.81. The molecule has 0 radical (unpaired) electrons. The van der Waals surface area contributed by atoms with E-state index in [4.69, 9.17) is 4.99 Å². The number of halogens is 1. The highest BCUT2D eigenvalue weighted by Crippen LogP contribution is 2.38. The number of aromatic nitrogens is 1. The van der Waals surface area contributed by atoms with E-state index in [-0.39, 0.29) is 17.8 Å². The van der Waals surface area contributed by atoms with Gasteiger partial charge in [0.05, 0.1) is 16.6 Å². The predicted molar refractivity (Wildman–Crippen MR) is 129 cm³/mol. The number of rotatable bonds is 4. The lowest BCUT2D eigenvalue weighted by Gasteiger charge is -2.31. The highest BCUT2D eigenvalue weighted by molar-refractivity contribution is 8.18. The van der Waals surface area contributed by atoms with Gasteiger partial charge in [0.2, 0.25) is 0 Å². The van der Waals surface area contributed by atoms with E-state index in [1.54, 1.807) is 16.7 Å². The van der Waals surface area contributed by atoms with Gasteiger partial charge in [-0.15, -0.1) is 0 Å². The Morgan fingerprint density at radius 3 is 2.41 bits per heavy atom. The van der Waals surface area contributed by atoms with E-state index in [1.165, 1.54) is 56.4 Å². The number of hydrogen-bond acceptors (Lipinski definition) is 3. The van der Waals surface area contributed by atoms with E-state index in [9.17, 15) is 9.18 Å². The number of carbonyl (C=O) groups excluding carboxylic acids is 1. The maximum atomic E-state index is 14.4. The highest BCUT2D eigenvalue weighted by atomic mass is 32.2. The van der Waals surface area contributed by atoms with E-state index >= 15 is 0 Å². The molecule has 2 saturated carbocycles. The number of thioether (sulfide) groups is 1. The van der Waals surface area contributed by atoms with Crippen LogP contribution in [0.25, 0.3) is 11.8 Å². The van der Waals surface area contributed by atoms with Crippen molar-refractivity contribution < 1.29 is 9.18 Å². The number of nitrogens with zero attached hydrogens (tertiary/aromatic N) is 3. The van der Waals surface area contributed by atoms with Gasteiger partial charge in [-0.3, -0.25) is 14.7 Å². The Morgan fingerprint density at radius 1 is 0.938 bits per heavy atom. The van der Waals surface area contributed by atoms with Crippen molar-refractivity contribution in [1.82, 2.24) is 9.47 Å². The molecule has 32 heavy (non-hydrogen) atoms. The van der Waals surface area contributed by atoms with Gasteiger partial charge < -0.3 is 4.57 Å². The fraction of sp³-hybridized carbons (Fsp3) is 0.462. The first kappa shape index (κ1) is 21.5. The smallest absolute Gasteiger partial charge is 0.267 e. The van der Waals surface area contributed by atoms with Gasteiger partial charge in [-0.25, -0.2) is 4.39 Å². The van der Waals surface area contributed by atoms with Crippen LogP contribution < -0.4 is 0 Å². The minimum atomic E-state index is -0.280. The fourth-order valence-corrected chi connectivity index (χ4v) is 6.21. The Morgan fingerprint density at radius 2 is 1.66 bits per heavy atom. The first-order valence-corrected chi connectivity index (χ1v) is 12.8. The van der Waals surface area contributed by atoms with Crippen LogP contribution in [0, 0.1) is 5.82 Å². The second-order valence-corrected chi connectivity index (χ2v) is 10.0. The van der Waals surface area contributed by atoms with E-state index in [0.29, 0.717) is 16.6 Å². The van der Waals surface area contributed by atoms with E-state index in [0.717, 1.165) is 36.5 Å². The number of hydrogen-bond donors (Lipinski definition) is 0. The Hall–Kier alpha value is -2.34. The molecular formula is C26H30FN3OS. The highest BCUT2D eigenvalue weighted by Gasteiger charge is 2.39. The number of para-hydroxylation sites is 1. The predicted octanol–water partition coefficient (Wildman–Crippen LogP) is 6.55. The summed E-state index contributed by atoms with van der Waals surface area (Å²) in [6.45, 7) is 0. The van der Waals surface area contributed by atoms with Gasteiger partial charge in [-0.1, -0.05) is 50.7 Å². The molecule has 168 valence electrons. The van der Waals surface area contributed by atoms with Crippen molar-refractivity contribution in [3.05, 3.63) is 59.0 Å². The quantitative estimate of drug-likeness (QED) is 0.494. The molecule has 2 aromatic rings. The SMILES string of the molecule is O=C1C(=Cc2cccn2-c2ccccc2F)SC(=NC2CCCCC2)N1C1CCCCC1. The fourth-order valence-electron chi connectivity index (χ4n) is 5.12. The van der Waals surface area contributed by atoms with Gasteiger partial charge in [0, 0.05) is 17.9 Å². The molecule has 1 aromatic carbocycles. The van der Waals surface area contributed by atoms with Gasteiger partial charge in [-0.2, -0.15) is 0 Å². The zero-order valence-corrected chi connectivity index (χ0v) is 19.2. The van der Waals surface area contributed by atoms with Crippen LogP contribution in [0.4, 0.5) is 4.39 Å². The standard InChI is InChI=1S/C26H30FN3OS/c27-22-15-7-8-16-23(22)29-17-9-14-21(29)18-24-25(31)30(20-12-5-2-6-13-20)26(32-24)28-19-10-3-1-4-11-19/h7-9,14-20H,1-6,10-13H2. The largest absolute Gasteiger partial charge is 0.314 e. The van der Waals surface area contributed by atoms with Crippen molar-refractivity contribution in [1.29, 1.82) is 0 Å². The molecule has 0 spiro atoms. The lowest BCUT2D eigenvalue weighted by atomic mass is 9.94. The van der Waals surface area contributed by atoms with Crippen LogP contribution in [0.2, 0.25) is 0 Å². The summed E-state index contributed by atoms with van der Waals surface area (Å²) in [6.07, 6.45) is 15.4. The Labute approximate surface area is 193 Å². The summed E-state index contributed by atoms with van der Waals surface area (Å²) in [5.74, 6) is -0.227. The van der Waals surface area contributed by atoms with E-state index in [2.05, 4.69) is 0 Å². The average Bonchev–Trinajstić information content (AvgIpc) is 3.40. The topological polar surface area (TPSA) is 37.6 Å². The molecule has 2 heterocycles. The molecular weight excluding hydrogens is 421 g/mol. The van der Waals surface area contributed by atoms with Crippen LogP contribution in [0.1, 0.15) is 69.9 Å². The summed E-state index contributed by atoms with van der Waals surface area (Å²) < 4.78 is 16.2. The second-order valence-electron chi connectivity index (χ2n) is 9.04. The lowest BCUT2D eigenvalue weighted by molar-refractivity contribution is -0.124. The van der Waals surface area contributed by atoms with Crippen molar-refractivity contribution in [2.75, 3.05) is 0 Å². The molecule has 1 saturated heterocycles. The summed E-state index contributed by atoms with van der Waals surface area (Å²) in [4.78, 5) is 21.3. The Bertz CT molecular complexity index is 1030. The summed E-state index contributed by atoms with van der Waals surface area (Å²) in [6, 6.07) is 11.1. The van der Waals surface area contributed by atoms with Crippen LogP contribution in [-0.4, -0.2) is 32.6 Å². The lowest BCUT2D eigenvalue weighted by Crippen LogP contribution is -2.41. The third-order valence-electron chi connectivity index (χ3n) is 6.82. The number of amidine groups is 1. The average molecular weight is 452 g/mol. The Balaban J connectivity index is 1.48. The van der Waals surface area contributed by atoms with Crippen molar-refractivity contribution >= 4 is 28.9 Å². The van der Waals surface area contributed by atoms with Crippen LogP contribution in [0.3, 0.4) is 0 Å². The van der Waals surface area contributed by atoms with Crippen LogP contribution in [-0.2, 0) is 4.79 Å². The summed E-state index contributed by atoms with van der Waals surface area (Å²) in [5, 5.41) is 0.879. The van der Waals surface area contributed by atoms with Gasteiger partial charge in [0.1, 0.15) is 5.82 Å².